The van der Waals surface area contributed by atoms with Crippen LogP contribution in [0.25, 0.3) is 5.69 Å². The molecule has 6 heteroatoms. The summed E-state index contributed by atoms with van der Waals surface area (Å²) < 4.78 is 20.1. The molecule has 0 aliphatic heterocycles. The third kappa shape index (κ3) is 5.02. The minimum Gasteiger partial charge on any atom is -0.497 e. The Balaban J connectivity index is 1.64. The predicted octanol–water partition coefficient (Wildman–Crippen LogP) is 4.33. The van der Waals surface area contributed by atoms with Crippen molar-refractivity contribution in [2.24, 2.45) is 0 Å². The molecule has 3 aromatic rings. The molecule has 0 radical (unpaired) electrons. The molecule has 1 aromatic heterocycles. The van der Waals surface area contributed by atoms with Crippen LogP contribution >= 0.6 is 0 Å². The maximum atomic E-state index is 13.2. The van der Waals surface area contributed by atoms with Gasteiger partial charge in [0.1, 0.15) is 11.6 Å². The molecule has 0 saturated heterocycles. The van der Waals surface area contributed by atoms with Crippen LogP contribution in [-0.2, 0) is 12.8 Å². The number of hydrogen-bond donors (Lipinski definition) is 1. The van der Waals surface area contributed by atoms with Gasteiger partial charge in [-0.2, -0.15) is 5.10 Å². The van der Waals surface area contributed by atoms with E-state index in [1.807, 2.05) is 38.1 Å². The van der Waals surface area contributed by atoms with Gasteiger partial charge in [0.05, 0.1) is 30.3 Å². The Morgan fingerprint density at radius 1 is 1.17 bits per heavy atom. The third-order valence-electron chi connectivity index (χ3n) is 4.92. The van der Waals surface area contributed by atoms with Crippen LogP contribution < -0.4 is 10.1 Å². The van der Waals surface area contributed by atoms with Gasteiger partial charge >= 0.3 is 0 Å². The highest BCUT2D eigenvalue weighted by Crippen LogP contribution is 2.17. The lowest BCUT2D eigenvalue weighted by atomic mass is 10.1. The zero-order valence-corrected chi connectivity index (χ0v) is 17.0. The Labute approximate surface area is 170 Å². The van der Waals surface area contributed by atoms with Crippen LogP contribution in [0.3, 0.4) is 0 Å². The zero-order chi connectivity index (χ0) is 20.8. The summed E-state index contributed by atoms with van der Waals surface area (Å²) in [6, 6.07) is 14.1. The SMILES string of the molecule is CCc1c(C(=O)NC(C)CCc2ccc(OC)cc2)cnn1-c1ccc(F)cc1. The number of benzene rings is 2. The molecule has 0 saturated carbocycles. The minimum atomic E-state index is -0.303. The number of hydrogen-bond acceptors (Lipinski definition) is 3. The monoisotopic (exact) mass is 395 g/mol. The standard InChI is InChI=1S/C23H26FN3O2/c1-4-22-21(15-25-27(22)19-11-9-18(24)10-12-19)23(28)26-16(2)5-6-17-7-13-20(29-3)14-8-17/h7-16H,4-6H2,1-3H3,(H,26,28). The summed E-state index contributed by atoms with van der Waals surface area (Å²) in [5.41, 5.74) is 3.28. The van der Waals surface area contributed by atoms with Crippen molar-refractivity contribution in [1.29, 1.82) is 0 Å². The second kappa shape index (κ2) is 9.37. The summed E-state index contributed by atoms with van der Waals surface area (Å²) in [7, 11) is 1.65. The van der Waals surface area contributed by atoms with E-state index in [1.165, 1.54) is 17.7 Å². The molecule has 1 unspecified atom stereocenters. The number of aromatic nitrogens is 2. The molecule has 1 heterocycles. The van der Waals surface area contributed by atoms with Gasteiger partial charge in [0, 0.05) is 6.04 Å². The Hall–Kier alpha value is -3.15. The van der Waals surface area contributed by atoms with Gasteiger partial charge in [0.25, 0.3) is 5.91 Å². The van der Waals surface area contributed by atoms with Gasteiger partial charge in [0.15, 0.2) is 0 Å². The number of aryl methyl sites for hydroxylation is 1. The van der Waals surface area contributed by atoms with Crippen LogP contribution in [-0.4, -0.2) is 28.8 Å². The van der Waals surface area contributed by atoms with Gasteiger partial charge in [-0.05, 0) is 68.1 Å². The van der Waals surface area contributed by atoms with Crippen LogP contribution in [0.5, 0.6) is 5.75 Å². The fourth-order valence-electron chi connectivity index (χ4n) is 3.26. The Bertz CT molecular complexity index is 949. The first-order valence-electron chi connectivity index (χ1n) is 9.78. The highest BCUT2D eigenvalue weighted by Gasteiger charge is 2.18. The fraction of sp³-hybridized carbons (Fsp3) is 0.304. The largest absolute Gasteiger partial charge is 0.497 e. The molecular formula is C23H26FN3O2. The number of rotatable bonds is 8. The lowest BCUT2D eigenvalue weighted by Crippen LogP contribution is -2.33. The molecule has 0 aliphatic carbocycles. The molecule has 5 nitrogen and oxygen atoms in total. The molecule has 3 rings (SSSR count). The Morgan fingerprint density at radius 2 is 1.86 bits per heavy atom. The summed E-state index contributed by atoms with van der Waals surface area (Å²) in [5.74, 6) is 0.389. The van der Waals surface area contributed by atoms with E-state index in [0.717, 1.165) is 30.0 Å². The molecular weight excluding hydrogens is 369 g/mol. The number of halogens is 1. The smallest absolute Gasteiger partial charge is 0.254 e. The van der Waals surface area contributed by atoms with E-state index in [0.29, 0.717) is 12.0 Å². The van der Waals surface area contributed by atoms with Gasteiger partial charge in [0.2, 0.25) is 0 Å². The van der Waals surface area contributed by atoms with Gasteiger partial charge in [-0.15, -0.1) is 0 Å². The maximum absolute atomic E-state index is 13.2. The average Bonchev–Trinajstić information content (AvgIpc) is 3.17. The lowest BCUT2D eigenvalue weighted by Gasteiger charge is -2.14. The van der Waals surface area contributed by atoms with Crippen LogP contribution in [0, 0.1) is 5.82 Å². The van der Waals surface area contributed by atoms with Crippen molar-refractivity contribution in [2.75, 3.05) is 7.11 Å². The second-order valence-electron chi connectivity index (χ2n) is 7.01. The van der Waals surface area contributed by atoms with Gasteiger partial charge in [-0.25, -0.2) is 9.07 Å². The highest BCUT2D eigenvalue weighted by atomic mass is 19.1. The average molecular weight is 395 g/mol. The number of nitrogens with zero attached hydrogens (tertiary/aromatic N) is 2. The molecule has 0 spiro atoms. The molecule has 1 atom stereocenters. The first-order valence-corrected chi connectivity index (χ1v) is 9.78. The van der Waals surface area contributed by atoms with Crippen molar-refractivity contribution in [3.05, 3.63) is 77.4 Å². The highest BCUT2D eigenvalue weighted by molar-refractivity contribution is 5.95. The van der Waals surface area contributed by atoms with E-state index in [1.54, 1.807) is 30.1 Å². The molecule has 2 aromatic carbocycles. The van der Waals surface area contributed by atoms with E-state index in [9.17, 15) is 9.18 Å². The maximum Gasteiger partial charge on any atom is 0.254 e. The molecule has 152 valence electrons. The number of nitrogens with one attached hydrogen (secondary N) is 1. The van der Waals surface area contributed by atoms with Crippen molar-refractivity contribution in [3.63, 3.8) is 0 Å². The summed E-state index contributed by atoms with van der Waals surface area (Å²) in [4.78, 5) is 12.8. The number of amides is 1. The quantitative estimate of drug-likeness (QED) is 0.618. The van der Waals surface area contributed by atoms with Crippen LogP contribution in [0.2, 0.25) is 0 Å². The lowest BCUT2D eigenvalue weighted by molar-refractivity contribution is 0.0937. The normalized spacial score (nSPS) is 11.9. The fourth-order valence-corrected chi connectivity index (χ4v) is 3.26. The second-order valence-corrected chi connectivity index (χ2v) is 7.01. The van der Waals surface area contributed by atoms with Gasteiger partial charge in [-0.1, -0.05) is 19.1 Å². The van der Waals surface area contributed by atoms with E-state index in [2.05, 4.69) is 10.4 Å². The van der Waals surface area contributed by atoms with Gasteiger partial charge in [-0.3, -0.25) is 4.79 Å². The summed E-state index contributed by atoms with van der Waals surface area (Å²) >= 11 is 0. The molecule has 29 heavy (non-hydrogen) atoms. The van der Waals surface area contributed by atoms with E-state index >= 15 is 0 Å². The van der Waals surface area contributed by atoms with E-state index < -0.39 is 0 Å². The summed E-state index contributed by atoms with van der Waals surface area (Å²) in [6.07, 6.45) is 3.90. The van der Waals surface area contributed by atoms with Gasteiger partial charge < -0.3 is 10.1 Å². The van der Waals surface area contributed by atoms with E-state index in [-0.39, 0.29) is 17.8 Å². The van der Waals surface area contributed by atoms with Crippen molar-refractivity contribution in [2.45, 2.75) is 39.2 Å². The topological polar surface area (TPSA) is 56.1 Å². The number of methoxy groups -OCH3 is 1. The van der Waals surface area contributed by atoms with Crippen LogP contribution in [0.15, 0.2) is 54.7 Å². The third-order valence-corrected chi connectivity index (χ3v) is 4.92. The summed E-state index contributed by atoms with van der Waals surface area (Å²) in [6.45, 7) is 3.97. The minimum absolute atomic E-state index is 0.0171. The Morgan fingerprint density at radius 3 is 2.48 bits per heavy atom. The van der Waals surface area contributed by atoms with Crippen LogP contribution in [0.1, 0.15) is 41.9 Å². The summed E-state index contributed by atoms with van der Waals surface area (Å²) in [5, 5.41) is 7.41. The number of carbonyl (C=O) groups excluding carboxylic acids is 1. The molecule has 0 bridgehead atoms. The Kier molecular flexibility index (Phi) is 6.65. The first kappa shape index (κ1) is 20.6. The molecule has 0 aliphatic rings. The molecule has 1 amide bonds. The molecule has 1 N–H and O–H groups in total. The zero-order valence-electron chi connectivity index (χ0n) is 17.0. The number of carbonyl (C=O) groups is 1. The first-order chi connectivity index (χ1) is 14.0. The molecule has 0 fully saturated rings. The van der Waals surface area contributed by atoms with Crippen molar-refractivity contribution in [3.8, 4) is 11.4 Å². The number of ether oxygens (including phenoxy) is 1. The predicted molar refractivity (Wildman–Crippen MR) is 111 cm³/mol. The van der Waals surface area contributed by atoms with Crippen LogP contribution in [0.4, 0.5) is 4.39 Å². The van der Waals surface area contributed by atoms with Crippen molar-refractivity contribution < 1.29 is 13.9 Å². The van der Waals surface area contributed by atoms with Crippen molar-refractivity contribution >= 4 is 5.91 Å². The van der Waals surface area contributed by atoms with Crippen molar-refractivity contribution in [1.82, 2.24) is 15.1 Å². The van der Waals surface area contributed by atoms with E-state index in [4.69, 9.17) is 4.74 Å².